The van der Waals surface area contributed by atoms with Crippen LogP contribution in [-0.4, -0.2) is 49.2 Å². The quantitative estimate of drug-likeness (QED) is 0.730. The standard InChI is InChI=1S/C18H21N7O2/c1-12-5-8-23(2)17(26)16(12)21-18(27)24-9-6-13(11-24)20-14-3-4-15-19-7-10-25(15)22-14/h3-5,7-8,10,13H,6,9,11H2,1-2H3,(H,20,22)(H,21,27)/t13-/m0/s1. The first-order valence-corrected chi connectivity index (χ1v) is 8.80. The number of imidazole rings is 1. The number of pyridine rings is 1. The summed E-state index contributed by atoms with van der Waals surface area (Å²) in [7, 11) is 1.66. The molecule has 27 heavy (non-hydrogen) atoms. The lowest BCUT2D eigenvalue weighted by atomic mass is 10.2. The Morgan fingerprint density at radius 2 is 2.11 bits per heavy atom. The summed E-state index contributed by atoms with van der Waals surface area (Å²) < 4.78 is 3.16. The summed E-state index contributed by atoms with van der Waals surface area (Å²) in [6, 6.07) is 5.42. The molecule has 0 radical (unpaired) electrons. The molecule has 0 unspecified atom stereocenters. The van der Waals surface area contributed by atoms with Gasteiger partial charge >= 0.3 is 6.03 Å². The largest absolute Gasteiger partial charge is 0.364 e. The average Bonchev–Trinajstić information content (AvgIpc) is 3.31. The number of anilines is 2. The van der Waals surface area contributed by atoms with Crippen LogP contribution in [0.1, 0.15) is 12.0 Å². The number of amides is 2. The third kappa shape index (κ3) is 3.35. The van der Waals surface area contributed by atoms with Gasteiger partial charge < -0.3 is 20.1 Å². The lowest BCUT2D eigenvalue weighted by Gasteiger charge is -2.19. The zero-order valence-electron chi connectivity index (χ0n) is 15.2. The highest BCUT2D eigenvalue weighted by Crippen LogP contribution is 2.17. The molecule has 3 aromatic heterocycles. The second-order valence-electron chi connectivity index (χ2n) is 6.74. The monoisotopic (exact) mass is 367 g/mol. The first-order chi connectivity index (χ1) is 13.0. The molecule has 9 nitrogen and oxygen atoms in total. The van der Waals surface area contributed by atoms with E-state index in [0.29, 0.717) is 18.8 Å². The average molecular weight is 367 g/mol. The number of aromatic nitrogens is 4. The Kier molecular flexibility index (Phi) is 4.27. The van der Waals surface area contributed by atoms with E-state index >= 15 is 0 Å². The van der Waals surface area contributed by atoms with E-state index in [-0.39, 0.29) is 17.6 Å². The van der Waals surface area contributed by atoms with Crippen molar-refractivity contribution in [3.8, 4) is 0 Å². The third-order valence-corrected chi connectivity index (χ3v) is 4.79. The Morgan fingerprint density at radius 3 is 2.96 bits per heavy atom. The van der Waals surface area contributed by atoms with Crippen LogP contribution in [0, 0.1) is 6.92 Å². The molecule has 0 saturated carbocycles. The first-order valence-electron chi connectivity index (χ1n) is 8.80. The van der Waals surface area contributed by atoms with Crippen LogP contribution >= 0.6 is 0 Å². The number of hydrogen-bond acceptors (Lipinski definition) is 5. The Balaban J connectivity index is 1.41. The van der Waals surface area contributed by atoms with Gasteiger partial charge in [0.2, 0.25) is 0 Å². The van der Waals surface area contributed by atoms with Gasteiger partial charge in [0.25, 0.3) is 5.56 Å². The summed E-state index contributed by atoms with van der Waals surface area (Å²) in [6.07, 6.45) is 5.98. The highest BCUT2D eigenvalue weighted by atomic mass is 16.2. The van der Waals surface area contributed by atoms with Crippen molar-refractivity contribution in [3.63, 3.8) is 0 Å². The van der Waals surface area contributed by atoms with E-state index in [9.17, 15) is 9.59 Å². The van der Waals surface area contributed by atoms with Crippen molar-refractivity contribution in [2.75, 3.05) is 23.7 Å². The van der Waals surface area contributed by atoms with E-state index in [2.05, 4.69) is 20.7 Å². The van der Waals surface area contributed by atoms with Gasteiger partial charge in [0.05, 0.1) is 0 Å². The fraction of sp³-hybridized carbons (Fsp3) is 0.333. The maximum Gasteiger partial charge on any atom is 0.322 e. The zero-order chi connectivity index (χ0) is 19.0. The number of urea groups is 1. The normalized spacial score (nSPS) is 16.7. The van der Waals surface area contributed by atoms with Gasteiger partial charge in [-0.15, -0.1) is 5.10 Å². The molecular formula is C18H21N7O2. The van der Waals surface area contributed by atoms with Crippen molar-refractivity contribution in [1.29, 1.82) is 0 Å². The number of fused-ring (bicyclic) bond motifs is 1. The van der Waals surface area contributed by atoms with E-state index in [0.717, 1.165) is 23.4 Å². The van der Waals surface area contributed by atoms with Gasteiger partial charge in [-0.1, -0.05) is 0 Å². The molecule has 4 heterocycles. The summed E-state index contributed by atoms with van der Waals surface area (Å²) in [5.41, 5.74) is 1.65. The number of nitrogens with zero attached hydrogens (tertiary/aromatic N) is 5. The molecule has 1 aliphatic rings. The molecule has 1 atom stereocenters. The van der Waals surface area contributed by atoms with E-state index in [1.165, 1.54) is 4.57 Å². The molecule has 9 heteroatoms. The molecule has 1 aliphatic heterocycles. The predicted octanol–water partition coefficient (Wildman–Crippen LogP) is 1.45. The summed E-state index contributed by atoms with van der Waals surface area (Å²) in [5, 5.41) is 10.6. The molecule has 0 aromatic carbocycles. The van der Waals surface area contributed by atoms with Gasteiger partial charge in [-0.25, -0.2) is 14.3 Å². The van der Waals surface area contributed by atoms with Gasteiger partial charge in [-0.3, -0.25) is 4.79 Å². The number of carbonyl (C=O) groups is 1. The number of nitrogens with one attached hydrogen (secondary N) is 2. The summed E-state index contributed by atoms with van der Waals surface area (Å²) >= 11 is 0. The van der Waals surface area contributed by atoms with Crippen LogP contribution < -0.4 is 16.2 Å². The van der Waals surface area contributed by atoms with Crippen LogP contribution in [-0.2, 0) is 7.05 Å². The number of aryl methyl sites for hydroxylation is 2. The van der Waals surface area contributed by atoms with Gasteiger partial charge in [-0.2, -0.15) is 0 Å². The maximum absolute atomic E-state index is 12.6. The molecule has 0 aliphatic carbocycles. The van der Waals surface area contributed by atoms with Gasteiger partial charge in [0, 0.05) is 44.8 Å². The summed E-state index contributed by atoms with van der Waals surface area (Å²) in [6.45, 7) is 2.97. The van der Waals surface area contributed by atoms with E-state index in [1.54, 1.807) is 35.1 Å². The van der Waals surface area contributed by atoms with Crippen LogP contribution in [0.4, 0.5) is 16.3 Å². The van der Waals surface area contributed by atoms with Crippen molar-refractivity contribution in [2.24, 2.45) is 7.05 Å². The maximum atomic E-state index is 12.6. The van der Waals surface area contributed by atoms with Crippen molar-refractivity contribution >= 4 is 23.2 Å². The minimum atomic E-state index is -0.260. The zero-order valence-corrected chi connectivity index (χ0v) is 15.2. The Bertz CT molecular complexity index is 1060. The minimum absolute atomic E-state index is 0.101. The predicted molar refractivity (Wildman–Crippen MR) is 102 cm³/mol. The second-order valence-corrected chi connectivity index (χ2v) is 6.74. The van der Waals surface area contributed by atoms with Gasteiger partial charge in [-0.05, 0) is 37.1 Å². The van der Waals surface area contributed by atoms with E-state index in [4.69, 9.17) is 0 Å². The molecular weight excluding hydrogens is 346 g/mol. The SMILES string of the molecule is Cc1ccn(C)c(=O)c1NC(=O)N1CC[C@H](Nc2ccc3nccn3n2)C1. The topological polar surface area (TPSA) is 96.6 Å². The van der Waals surface area contributed by atoms with Crippen molar-refractivity contribution in [1.82, 2.24) is 24.1 Å². The number of hydrogen-bond donors (Lipinski definition) is 2. The van der Waals surface area contributed by atoms with Crippen LogP contribution in [0.25, 0.3) is 5.65 Å². The van der Waals surface area contributed by atoms with Crippen LogP contribution in [0.15, 0.2) is 41.6 Å². The van der Waals surface area contributed by atoms with Gasteiger partial charge in [0.15, 0.2) is 5.65 Å². The Labute approximate surface area is 155 Å². The third-order valence-electron chi connectivity index (χ3n) is 4.79. The fourth-order valence-corrected chi connectivity index (χ4v) is 3.22. The van der Waals surface area contributed by atoms with E-state index in [1.807, 2.05) is 25.1 Å². The van der Waals surface area contributed by atoms with Crippen molar-refractivity contribution < 1.29 is 4.79 Å². The van der Waals surface area contributed by atoms with Crippen LogP contribution in [0.3, 0.4) is 0 Å². The molecule has 1 fully saturated rings. The van der Waals surface area contributed by atoms with Crippen LogP contribution in [0.5, 0.6) is 0 Å². The second kappa shape index (κ2) is 6.75. The molecule has 3 aromatic rings. The van der Waals surface area contributed by atoms with E-state index < -0.39 is 0 Å². The highest BCUT2D eigenvalue weighted by molar-refractivity contribution is 5.90. The molecule has 0 spiro atoms. The Hall–Kier alpha value is -3.36. The lowest BCUT2D eigenvalue weighted by molar-refractivity contribution is 0.222. The van der Waals surface area contributed by atoms with Crippen molar-refractivity contribution in [2.45, 2.75) is 19.4 Å². The molecule has 0 bridgehead atoms. The molecule has 2 amide bonds. The first kappa shape index (κ1) is 17.1. The minimum Gasteiger partial charge on any atom is -0.364 e. The van der Waals surface area contributed by atoms with Gasteiger partial charge in [0.1, 0.15) is 11.5 Å². The Morgan fingerprint density at radius 1 is 1.26 bits per heavy atom. The molecule has 140 valence electrons. The number of rotatable bonds is 3. The summed E-state index contributed by atoms with van der Waals surface area (Å²) in [4.78, 5) is 30.7. The molecule has 2 N–H and O–H groups in total. The number of carbonyl (C=O) groups excluding carboxylic acids is 1. The van der Waals surface area contributed by atoms with Crippen molar-refractivity contribution in [3.05, 3.63) is 52.7 Å². The van der Waals surface area contributed by atoms with Crippen LogP contribution in [0.2, 0.25) is 0 Å². The number of likely N-dealkylation sites (tertiary alicyclic amines) is 1. The fourth-order valence-electron chi connectivity index (χ4n) is 3.22. The lowest BCUT2D eigenvalue weighted by Crippen LogP contribution is -2.37. The summed E-state index contributed by atoms with van der Waals surface area (Å²) in [5.74, 6) is 0.737. The smallest absolute Gasteiger partial charge is 0.322 e. The molecule has 4 rings (SSSR count). The highest BCUT2D eigenvalue weighted by Gasteiger charge is 2.27. The molecule has 1 saturated heterocycles.